The van der Waals surface area contributed by atoms with Gasteiger partial charge in [-0.2, -0.15) is 0 Å². The highest BCUT2D eigenvalue weighted by Gasteiger charge is 2.39. The summed E-state index contributed by atoms with van der Waals surface area (Å²) in [5.41, 5.74) is -0.559. The average Bonchev–Trinajstić information content (AvgIpc) is 2.53. The van der Waals surface area contributed by atoms with Gasteiger partial charge in [-0.25, -0.2) is 4.79 Å². The third-order valence-electron chi connectivity index (χ3n) is 4.94. The molecule has 0 bridgehead atoms. The van der Waals surface area contributed by atoms with E-state index in [2.05, 4.69) is 11.8 Å². The van der Waals surface area contributed by atoms with Crippen molar-refractivity contribution >= 4 is 23.7 Å². The fourth-order valence-electron chi connectivity index (χ4n) is 3.55. The summed E-state index contributed by atoms with van der Waals surface area (Å²) in [6, 6.07) is -0.00476. The summed E-state index contributed by atoms with van der Waals surface area (Å²) in [6.07, 6.45) is 2.63. The van der Waals surface area contributed by atoms with Crippen LogP contribution in [0.15, 0.2) is 0 Å². The molecule has 6 nitrogen and oxygen atoms in total. The summed E-state index contributed by atoms with van der Waals surface area (Å²) < 4.78 is 10.5. The van der Waals surface area contributed by atoms with E-state index in [0.717, 1.165) is 31.8 Å². The summed E-state index contributed by atoms with van der Waals surface area (Å²) >= 11 is 5.54. The van der Waals surface area contributed by atoms with Gasteiger partial charge in [0.05, 0.1) is 5.92 Å². The lowest BCUT2D eigenvalue weighted by atomic mass is 9.90. The van der Waals surface area contributed by atoms with Crippen LogP contribution in [0.1, 0.15) is 47.0 Å². The normalized spacial score (nSPS) is 26.4. The van der Waals surface area contributed by atoms with E-state index in [-0.39, 0.29) is 30.1 Å². The fraction of sp³-hybridized carbons (Fsp3) is 0.889. The van der Waals surface area contributed by atoms with Crippen LogP contribution in [0.25, 0.3) is 0 Å². The van der Waals surface area contributed by atoms with Gasteiger partial charge in [-0.3, -0.25) is 9.69 Å². The molecule has 2 aliphatic rings. The highest BCUT2D eigenvalue weighted by Crippen LogP contribution is 2.27. The maximum Gasteiger partial charge on any atom is 0.410 e. The topological polar surface area (TPSA) is 59.1 Å². The SMILES string of the molecule is CC1CCN(C2CC(C(=O)OCCl)CN(C(=O)OC(C)(C)C)C2)CC1. The molecule has 0 aromatic rings. The second-order valence-electron chi connectivity index (χ2n) is 8.26. The number of carbonyl (C=O) groups is 2. The van der Waals surface area contributed by atoms with Crippen molar-refractivity contribution in [3.63, 3.8) is 0 Å². The monoisotopic (exact) mass is 374 g/mol. The van der Waals surface area contributed by atoms with Crippen LogP contribution in [0.5, 0.6) is 0 Å². The van der Waals surface area contributed by atoms with E-state index in [9.17, 15) is 9.59 Å². The number of carbonyl (C=O) groups excluding carboxylic acids is 2. The Hall–Kier alpha value is -1.01. The number of halogens is 1. The van der Waals surface area contributed by atoms with Crippen molar-refractivity contribution in [2.45, 2.75) is 58.6 Å². The smallest absolute Gasteiger partial charge is 0.410 e. The van der Waals surface area contributed by atoms with Crippen LogP contribution in [0.2, 0.25) is 0 Å². The summed E-state index contributed by atoms with van der Waals surface area (Å²) in [5.74, 6) is 0.0433. The van der Waals surface area contributed by atoms with Crippen LogP contribution in [0, 0.1) is 11.8 Å². The molecule has 2 rings (SSSR count). The number of hydrogen-bond acceptors (Lipinski definition) is 5. The third kappa shape index (κ3) is 6.03. The molecule has 144 valence electrons. The number of piperidine rings is 2. The Morgan fingerprint density at radius 2 is 1.80 bits per heavy atom. The number of rotatable bonds is 3. The Bertz CT molecular complexity index is 472. The van der Waals surface area contributed by atoms with E-state index in [1.165, 1.54) is 0 Å². The summed E-state index contributed by atoms with van der Waals surface area (Å²) in [6.45, 7) is 10.7. The third-order valence-corrected chi connectivity index (χ3v) is 5.05. The van der Waals surface area contributed by atoms with Crippen molar-refractivity contribution in [1.82, 2.24) is 9.80 Å². The van der Waals surface area contributed by atoms with E-state index >= 15 is 0 Å². The summed E-state index contributed by atoms with van der Waals surface area (Å²) in [4.78, 5) is 28.8. The van der Waals surface area contributed by atoms with Gasteiger partial charge in [0.1, 0.15) is 5.60 Å². The van der Waals surface area contributed by atoms with E-state index in [0.29, 0.717) is 19.5 Å². The first kappa shape index (κ1) is 20.3. The van der Waals surface area contributed by atoms with E-state index in [1.807, 2.05) is 20.8 Å². The lowest BCUT2D eigenvalue weighted by Crippen LogP contribution is -2.56. The van der Waals surface area contributed by atoms with Crippen molar-refractivity contribution < 1.29 is 19.1 Å². The van der Waals surface area contributed by atoms with E-state index < -0.39 is 5.60 Å². The molecule has 7 heteroatoms. The first-order valence-corrected chi connectivity index (χ1v) is 9.67. The van der Waals surface area contributed by atoms with Gasteiger partial charge in [0.2, 0.25) is 0 Å². The molecule has 25 heavy (non-hydrogen) atoms. The Labute approximate surface area is 155 Å². The fourth-order valence-corrected chi connectivity index (χ4v) is 3.66. The second-order valence-corrected chi connectivity index (χ2v) is 8.48. The highest BCUT2D eigenvalue weighted by atomic mass is 35.5. The molecule has 0 aliphatic carbocycles. The molecular weight excluding hydrogens is 344 g/mol. The van der Waals surface area contributed by atoms with Crippen LogP contribution >= 0.6 is 11.6 Å². The Morgan fingerprint density at radius 3 is 2.36 bits per heavy atom. The number of ether oxygens (including phenoxy) is 2. The predicted molar refractivity (Wildman–Crippen MR) is 96.5 cm³/mol. The minimum Gasteiger partial charge on any atom is -0.449 e. The van der Waals surface area contributed by atoms with Gasteiger partial charge in [0.25, 0.3) is 0 Å². The van der Waals surface area contributed by atoms with Crippen molar-refractivity contribution in [3.05, 3.63) is 0 Å². The molecule has 0 spiro atoms. The first-order chi connectivity index (χ1) is 11.7. The van der Waals surface area contributed by atoms with E-state index in [1.54, 1.807) is 4.90 Å². The van der Waals surface area contributed by atoms with Gasteiger partial charge in [-0.1, -0.05) is 18.5 Å². The van der Waals surface area contributed by atoms with Crippen LogP contribution < -0.4 is 0 Å². The quantitative estimate of drug-likeness (QED) is 0.561. The molecule has 1 amide bonds. The van der Waals surface area contributed by atoms with Crippen molar-refractivity contribution in [2.24, 2.45) is 11.8 Å². The number of amides is 1. The van der Waals surface area contributed by atoms with Gasteiger partial charge >= 0.3 is 12.1 Å². The van der Waals surface area contributed by atoms with Crippen LogP contribution in [0.4, 0.5) is 4.79 Å². The van der Waals surface area contributed by atoms with Crippen LogP contribution in [-0.4, -0.2) is 65.8 Å². The molecule has 2 heterocycles. The van der Waals surface area contributed by atoms with Gasteiger partial charge in [-0.15, -0.1) is 0 Å². The average molecular weight is 375 g/mol. The largest absolute Gasteiger partial charge is 0.449 e. The van der Waals surface area contributed by atoms with Crippen molar-refractivity contribution in [3.8, 4) is 0 Å². The zero-order chi connectivity index (χ0) is 18.6. The number of likely N-dealkylation sites (tertiary alicyclic amines) is 2. The number of alkyl halides is 1. The van der Waals surface area contributed by atoms with E-state index in [4.69, 9.17) is 21.1 Å². The molecule has 2 atom stereocenters. The standard InChI is InChI=1S/C18H31ClN2O4/c1-13-5-7-20(8-6-13)15-9-14(16(22)24-12-19)10-21(11-15)17(23)25-18(2,3)4/h13-15H,5-12H2,1-4H3. The molecule has 0 radical (unpaired) electrons. The summed E-state index contributed by atoms with van der Waals surface area (Å²) in [5, 5.41) is 0. The molecular formula is C18H31ClN2O4. The molecule has 2 unspecified atom stereocenters. The number of hydrogen-bond donors (Lipinski definition) is 0. The molecule has 0 aromatic heterocycles. The lowest BCUT2D eigenvalue weighted by molar-refractivity contribution is -0.149. The van der Waals surface area contributed by atoms with Crippen LogP contribution in [-0.2, 0) is 14.3 Å². The number of esters is 1. The molecule has 2 aliphatic heterocycles. The zero-order valence-corrected chi connectivity index (χ0v) is 16.6. The summed E-state index contributed by atoms with van der Waals surface area (Å²) in [7, 11) is 0. The van der Waals surface area contributed by atoms with Crippen molar-refractivity contribution in [2.75, 3.05) is 32.2 Å². The molecule has 0 saturated carbocycles. The van der Waals surface area contributed by atoms with Crippen LogP contribution in [0.3, 0.4) is 0 Å². The maximum atomic E-state index is 12.5. The minimum absolute atomic E-state index is 0.154. The second kappa shape index (κ2) is 8.58. The lowest BCUT2D eigenvalue weighted by Gasteiger charge is -2.44. The van der Waals surface area contributed by atoms with Gasteiger partial charge < -0.3 is 14.4 Å². The minimum atomic E-state index is -0.559. The Balaban J connectivity index is 2.08. The maximum absolute atomic E-state index is 12.5. The first-order valence-electron chi connectivity index (χ1n) is 9.14. The molecule has 2 saturated heterocycles. The molecule has 0 N–H and O–H groups in total. The van der Waals surface area contributed by atoms with Gasteiger partial charge in [-0.05, 0) is 59.0 Å². The van der Waals surface area contributed by atoms with Crippen molar-refractivity contribution in [1.29, 1.82) is 0 Å². The van der Waals surface area contributed by atoms with Gasteiger partial charge in [0.15, 0.2) is 6.07 Å². The number of nitrogens with zero attached hydrogens (tertiary/aromatic N) is 2. The molecule has 0 aromatic carbocycles. The Kier molecular flexibility index (Phi) is 6.97. The molecule has 2 fully saturated rings. The highest BCUT2D eigenvalue weighted by molar-refractivity contribution is 6.17. The van der Waals surface area contributed by atoms with Gasteiger partial charge in [0, 0.05) is 19.1 Å². The Morgan fingerprint density at radius 1 is 1.16 bits per heavy atom. The predicted octanol–water partition coefficient (Wildman–Crippen LogP) is 3.08. The zero-order valence-electron chi connectivity index (χ0n) is 15.8.